The van der Waals surface area contributed by atoms with Gasteiger partial charge in [-0.25, -0.2) is 0 Å². The molecule has 1 aliphatic carbocycles. The molecule has 1 aliphatic rings. The van der Waals surface area contributed by atoms with Gasteiger partial charge in [-0.3, -0.25) is 15.6 Å². The smallest absolute Gasteiger partial charge is 0.253 e. The van der Waals surface area contributed by atoms with Crippen molar-refractivity contribution in [2.24, 2.45) is 11.8 Å². The van der Waals surface area contributed by atoms with Crippen LogP contribution in [0.3, 0.4) is 0 Å². The number of nitrogens with one attached hydrogen (secondary N) is 2. The Labute approximate surface area is 101 Å². The van der Waals surface area contributed by atoms with E-state index in [2.05, 4.69) is 15.7 Å². The van der Waals surface area contributed by atoms with Crippen molar-refractivity contribution in [1.82, 2.24) is 10.3 Å². The summed E-state index contributed by atoms with van der Waals surface area (Å²) in [5.41, 5.74) is 3.56. The number of carbonyl (C=O) groups is 1. The van der Waals surface area contributed by atoms with E-state index in [-0.39, 0.29) is 5.91 Å². The van der Waals surface area contributed by atoms with Gasteiger partial charge in [0.25, 0.3) is 5.91 Å². The van der Waals surface area contributed by atoms with Crippen LogP contribution in [0.1, 0.15) is 36.0 Å². The zero-order chi connectivity index (χ0) is 12.1. The lowest BCUT2D eigenvalue weighted by Gasteiger charge is -2.25. The largest absolute Gasteiger partial charge is 0.352 e. The average Bonchev–Trinajstić information content (AvgIpc) is 2.32. The molecule has 1 heterocycles. The number of hydrogen-bond acceptors (Lipinski definition) is 4. The summed E-state index contributed by atoms with van der Waals surface area (Å²) in [6.07, 6.45) is 8.15. The summed E-state index contributed by atoms with van der Waals surface area (Å²) >= 11 is 0. The second-order valence-corrected chi connectivity index (χ2v) is 4.41. The summed E-state index contributed by atoms with van der Waals surface area (Å²) in [6, 6.07) is 1.66. The minimum Gasteiger partial charge on any atom is -0.352 e. The number of nitrogens with zero attached hydrogens (tertiary/aromatic N) is 1. The SMILES string of the molecule is NNc1cnccc1C(=O)NCCC1CCC1. The lowest BCUT2D eigenvalue weighted by atomic mass is 9.83. The fourth-order valence-electron chi connectivity index (χ4n) is 1.97. The van der Waals surface area contributed by atoms with Crippen LogP contribution < -0.4 is 16.6 Å². The molecule has 5 heteroatoms. The maximum Gasteiger partial charge on any atom is 0.253 e. The van der Waals surface area contributed by atoms with Gasteiger partial charge in [-0.1, -0.05) is 19.3 Å². The monoisotopic (exact) mass is 234 g/mol. The minimum absolute atomic E-state index is 0.0975. The Hall–Kier alpha value is -1.62. The van der Waals surface area contributed by atoms with E-state index in [1.807, 2.05) is 0 Å². The lowest BCUT2D eigenvalue weighted by molar-refractivity contribution is 0.0949. The van der Waals surface area contributed by atoms with Crippen LogP contribution in [0.15, 0.2) is 18.5 Å². The van der Waals surface area contributed by atoms with E-state index in [4.69, 9.17) is 5.84 Å². The summed E-state index contributed by atoms with van der Waals surface area (Å²) < 4.78 is 0. The molecule has 0 radical (unpaired) electrons. The Balaban J connectivity index is 1.85. The predicted molar refractivity (Wildman–Crippen MR) is 66.3 cm³/mol. The maximum atomic E-state index is 11.9. The maximum absolute atomic E-state index is 11.9. The highest BCUT2D eigenvalue weighted by atomic mass is 16.1. The molecule has 5 nitrogen and oxygen atoms in total. The van der Waals surface area contributed by atoms with Crippen LogP contribution in [0.25, 0.3) is 0 Å². The molecular weight excluding hydrogens is 216 g/mol. The van der Waals surface area contributed by atoms with Gasteiger partial charge in [0.05, 0.1) is 17.4 Å². The number of hydrogen-bond donors (Lipinski definition) is 3. The molecule has 0 saturated heterocycles. The molecule has 2 rings (SSSR count). The molecule has 1 fully saturated rings. The van der Waals surface area contributed by atoms with Crippen LogP contribution in [0, 0.1) is 5.92 Å². The highest BCUT2D eigenvalue weighted by molar-refractivity contribution is 5.99. The number of nitrogens with two attached hydrogens (primary N) is 1. The van der Waals surface area contributed by atoms with Gasteiger partial charge in [0.2, 0.25) is 0 Å². The van der Waals surface area contributed by atoms with E-state index in [1.54, 1.807) is 18.5 Å². The number of nitrogen functional groups attached to an aromatic ring is 1. The fourth-order valence-corrected chi connectivity index (χ4v) is 1.97. The normalized spacial score (nSPS) is 15.1. The third kappa shape index (κ3) is 2.94. The molecule has 1 saturated carbocycles. The average molecular weight is 234 g/mol. The highest BCUT2D eigenvalue weighted by Gasteiger charge is 2.17. The molecule has 1 amide bonds. The molecule has 17 heavy (non-hydrogen) atoms. The third-order valence-corrected chi connectivity index (χ3v) is 3.28. The Morgan fingerprint density at radius 1 is 1.53 bits per heavy atom. The van der Waals surface area contributed by atoms with E-state index in [9.17, 15) is 4.79 Å². The first-order valence-electron chi connectivity index (χ1n) is 6.00. The zero-order valence-electron chi connectivity index (χ0n) is 9.78. The van der Waals surface area contributed by atoms with Crippen molar-refractivity contribution in [3.05, 3.63) is 24.0 Å². The molecule has 1 aromatic heterocycles. The van der Waals surface area contributed by atoms with Gasteiger partial charge in [0.15, 0.2) is 0 Å². The summed E-state index contributed by atoms with van der Waals surface area (Å²) in [5.74, 6) is 6.03. The topological polar surface area (TPSA) is 80.0 Å². The van der Waals surface area contributed by atoms with Crippen molar-refractivity contribution in [1.29, 1.82) is 0 Å². The van der Waals surface area contributed by atoms with E-state index in [0.717, 1.165) is 18.9 Å². The summed E-state index contributed by atoms with van der Waals surface area (Å²) in [5, 5.41) is 2.91. The fraction of sp³-hybridized carbons (Fsp3) is 0.500. The number of carbonyl (C=O) groups excluding carboxylic acids is 1. The van der Waals surface area contributed by atoms with E-state index in [0.29, 0.717) is 11.3 Å². The summed E-state index contributed by atoms with van der Waals surface area (Å²) in [7, 11) is 0. The number of rotatable bonds is 5. The van der Waals surface area contributed by atoms with Crippen LogP contribution in [-0.2, 0) is 0 Å². The molecule has 0 aromatic carbocycles. The molecule has 0 bridgehead atoms. The first-order chi connectivity index (χ1) is 8.31. The van der Waals surface area contributed by atoms with Crippen molar-refractivity contribution in [2.75, 3.05) is 12.0 Å². The number of amides is 1. The highest BCUT2D eigenvalue weighted by Crippen LogP contribution is 2.28. The zero-order valence-corrected chi connectivity index (χ0v) is 9.78. The van der Waals surface area contributed by atoms with Crippen molar-refractivity contribution >= 4 is 11.6 Å². The van der Waals surface area contributed by atoms with Gasteiger partial charge in [-0.05, 0) is 18.4 Å². The Morgan fingerprint density at radius 3 is 3.00 bits per heavy atom. The van der Waals surface area contributed by atoms with Crippen LogP contribution in [-0.4, -0.2) is 17.4 Å². The van der Waals surface area contributed by atoms with E-state index < -0.39 is 0 Å². The van der Waals surface area contributed by atoms with Crippen molar-refractivity contribution in [3.8, 4) is 0 Å². The van der Waals surface area contributed by atoms with Gasteiger partial charge >= 0.3 is 0 Å². The first-order valence-corrected chi connectivity index (χ1v) is 6.00. The first kappa shape index (κ1) is 11.9. The van der Waals surface area contributed by atoms with E-state index in [1.165, 1.54) is 19.3 Å². The number of aromatic nitrogens is 1. The lowest BCUT2D eigenvalue weighted by Crippen LogP contribution is -2.28. The van der Waals surface area contributed by atoms with Crippen LogP contribution in [0.2, 0.25) is 0 Å². The second-order valence-electron chi connectivity index (χ2n) is 4.41. The number of pyridine rings is 1. The molecule has 0 atom stereocenters. The molecule has 0 spiro atoms. The van der Waals surface area contributed by atoms with Gasteiger partial charge < -0.3 is 10.7 Å². The standard InChI is InChI=1S/C12H18N4O/c13-16-11-8-14-6-5-10(11)12(17)15-7-4-9-2-1-3-9/h5-6,8-9,16H,1-4,7,13H2,(H,15,17). The molecule has 92 valence electrons. The van der Waals surface area contributed by atoms with Gasteiger partial charge in [-0.2, -0.15) is 0 Å². The minimum atomic E-state index is -0.0975. The summed E-state index contributed by atoms with van der Waals surface area (Å²) in [6.45, 7) is 0.732. The predicted octanol–water partition coefficient (Wildman–Crippen LogP) is 1.29. The molecule has 4 N–H and O–H groups in total. The van der Waals surface area contributed by atoms with Gasteiger partial charge in [0, 0.05) is 12.7 Å². The molecular formula is C12H18N4O. The van der Waals surface area contributed by atoms with E-state index >= 15 is 0 Å². The molecule has 0 aliphatic heterocycles. The van der Waals surface area contributed by atoms with Crippen molar-refractivity contribution < 1.29 is 4.79 Å². The van der Waals surface area contributed by atoms with Crippen LogP contribution in [0.5, 0.6) is 0 Å². The molecule has 0 unspecified atom stereocenters. The quantitative estimate of drug-likeness (QED) is 0.529. The Bertz CT molecular complexity index is 390. The van der Waals surface area contributed by atoms with Crippen LogP contribution in [0.4, 0.5) is 5.69 Å². The Kier molecular flexibility index (Phi) is 3.93. The number of hydrazine groups is 1. The van der Waals surface area contributed by atoms with Crippen LogP contribution >= 0.6 is 0 Å². The second kappa shape index (κ2) is 5.63. The molecule has 1 aromatic rings. The van der Waals surface area contributed by atoms with Crippen molar-refractivity contribution in [2.45, 2.75) is 25.7 Å². The number of anilines is 1. The Morgan fingerprint density at radius 2 is 2.35 bits per heavy atom. The third-order valence-electron chi connectivity index (χ3n) is 3.28. The van der Waals surface area contributed by atoms with Gasteiger partial charge in [0.1, 0.15) is 0 Å². The van der Waals surface area contributed by atoms with Gasteiger partial charge in [-0.15, -0.1) is 0 Å². The van der Waals surface area contributed by atoms with Crippen molar-refractivity contribution in [3.63, 3.8) is 0 Å². The summed E-state index contributed by atoms with van der Waals surface area (Å²) in [4.78, 5) is 15.8.